The average molecular weight is 326 g/mol. The molecule has 0 spiro atoms. The Kier molecular flexibility index (Phi) is 5.40. The average Bonchev–Trinajstić information content (AvgIpc) is 2.60. The Labute approximate surface area is 137 Å². The van der Waals surface area contributed by atoms with Crippen molar-refractivity contribution in [2.75, 3.05) is 12.4 Å². The first-order chi connectivity index (χ1) is 11.5. The number of nitro benzene ring substituents is 1. The van der Waals surface area contributed by atoms with Crippen molar-refractivity contribution < 1.29 is 19.2 Å². The van der Waals surface area contributed by atoms with Gasteiger partial charge in [0.2, 0.25) is 5.91 Å². The van der Waals surface area contributed by atoms with Gasteiger partial charge in [-0.1, -0.05) is 0 Å². The first-order valence-electron chi connectivity index (χ1n) is 6.90. The number of amides is 1. The summed E-state index contributed by atoms with van der Waals surface area (Å²) in [6.45, 7) is 0. The Bertz CT molecular complexity index is 797. The Morgan fingerprint density at radius 1 is 1.17 bits per heavy atom. The smallest absolute Gasteiger partial charge is 0.269 e. The van der Waals surface area contributed by atoms with E-state index in [0.29, 0.717) is 28.8 Å². The molecule has 0 aromatic heterocycles. The van der Waals surface area contributed by atoms with Gasteiger partial charge in [-0.3, -0.25) is 19.7 Å². The number of anilines is 1. The van der Waals surface area contributed by atoms with Gasteiger partial charge in [0.25, 0.3) is 5.69 Å². The topological polar surface area (TPSA) is 98.5 Å². The minimum Gasteiger partial charge on any atom is -0.495 e. The number of non-ortho nitro benzene ring substituents is 1. The quantitative estimate of drug-likeness (QED) is 0.381. The Balaban J connectivity index is 2.10. The number of carbonyl (C=O) groups excluding carboxylic acids is 2. The van der Waals surface area contributed by atoms with Crippen LogP contribution in [0.3, 0.4) is 0 Å². The van der Waals surface area contributed by atoms with Crippen LogP contribution in [0, 0.1) is 10.1 Å². The van der Waals surface area contributed by atoms with E-state index in [1.807, 2.05) is 0 Å². The lowest BCUT2D eigenvalue weighted by Gasteiger charge is -2.09. The largest absolute Gasteiger partial charge is 0.495 e. The molecule has 0 saturated carbocycles. The molecule has 0 saturated heterocycles. The van der Waals surface area contributed by atoms with E-state index in [9.17, 15) is 19.7 Å². The molecule has 0 radical (unpaired) electrons. The van der Waals surface area contributed by atoms with Gasteiger partial charge in [0.15, 0.2) is 0 Å². The molecule has 0 aliphatic rings. The highest BCUT2D eigenvalue weighted by Crippen LogP contribution is 2.25. The summed E-state index contributed by atoms with van der Waals surface area (Å²) in [5.74, 6) is 0.00684. The van der Waals surface area contributed by atoms with Crippen molar-refractivity contribution in [3.05, 3.63) is 69.8 Å². The molecule has 0 unspecified atom stereocenters. The number of ether oxygens (including phenoxy) is 1. The number of benzene rings is 2. The summed E-state index contributed by atoms with van der Waals surface area (Å²) >= 11 is 0. The summed E-state index contributed by atoms with van der Waals surface area (Å²) in [5.41, 5.74) is 1.40. The molecular formula is C17H14N2O5. The maximum Gasteiger partial charge on any atom is 0.269 e. The van der Waals surface area contributed by atoms with Gasteiger partial charge in [-0.25, -0.2) is 0 Å². The fraction of sp³-hybridized carbons (Fsp3) is 0.0588. The van der Waals surface area contributed by atoms with E-state index in [-0.39, 0.29) is 5.69 Å². The number of hydrogen-bond donors (Lipinski definition) is 1. The molecule has 2 aromatic rings. The lowest BCUT2D eigenvalue weighted by atomic mass is 10.2. The minimum atomic E-state index is -0.494. The third kappa shape index (κ3) is 4.26. The first-order valence-corrected chi connectivity index (χ1v) is 6.90. The summed E-state index contributed by atoms with van der Waals surface area (Å²) < 4.78 is 5.13. The number of nitro groups is 1. The van der Waals surface area contributed by atoms with E-state index in [0.717, 1.165) is 0 Å². The van der Waals surface area contributed by atoms with Crippen molar-refractivity contribution in [2.45, 2.75) is 0 Å². The Hall–Kier alpha value is -3.48. The molecule has 1 N–H and O–H groups in total. The monoisotopic (exact) mass is 326 g/mol. The zero-order valence-electron chi connectivity index (χ0n) is 12.8. The van der Waals surface area contributed by atoms with Crippen LogP contribution in [0.5, 0.6) is 5.75 Å². The van der Waals surface area contributed by atoms with Gasteiger partial charge in [0, 0.05) is 23.8 Å². The predicted octanol–water partition coefficient (Wildman–Crippen LogP) is 3.07. The normalized spacial score (nSPS) is 10.4. The van der Waals surface area contributed by atoms with Gasteiger partial charge in [0.05, 0.1) is 17.7 Å². The number of aldehydes is 1. The summed E-state index contributed by atoms with van der Waals surface area (Å²) in [4.78, 5) is 32.9. The molecule has 122 valence electrons. The van der Waals surface area contributed by atoms with Gasteiger partial charge in [-0.2, -0.15) is 0 Å². The molecule has 0 atom stereocenters. The fourth-order valence-electron chi connectivity index (χ4n) is 1.95. The Morgan fingerprint density at radius 3 is 2.42 bits per heavy atom. The highest BCUT2D eigenvalue weighted by atomic mass is 16.6. The van der Waals surface area contributed by atoms with E-state index in [2.05, 4.69) is 5.32 Å². The van der Waals surface area contributed by atoms with E-state index in [1.54, 1.807) is 12.1 Å². The maximum absolute atomic E-state index is 12.0. The number of hydrogen-bond acceptors (Lipinski definition) is 5. The molecule has 0 heterocycles. The van der Waals surface area contributed by atoms with Crippen molar-refractivity contribution in [1.29, 1.82) is 0 Å². The van der Waals surface area contributed by atoms with E-state index in [4.69, 9.17) is 4.74 Å². The predicted molar refractivity (Wildman–Crippen MR) is 89.1 cm³/mol. The van der Waals surface area contributed by atoms with Crippen LogP contribution < -0.4 is 10.1 Å². The van der Waals surface area contributed by atoms with Crippen molar-refractivity contribution in [2.24, 2.45) is 0 Å². The van der Waals surface area contributed by atoms with Gasteiger partial charge < -0.3 is 10.1 Å². The molecule has 1 amide bonds. The molecule has 2 rings (SSSR count). The lowest BCUT2D eigenvalue weighted by Crippen LogP contribution is -2.09. The van der Waals surface area contributed by atoms with Crippen LogP contribution in [0.2, 0.25) is 0 Å². The van der Waals surface area contributed by atoms with E-state index < -0.39 is 10.8 Å². The molecule has 2 aromatic carbocycles. The van der Waals surface area contributed by atoms with Gasteiger partial charge in [-0.15, -0.1) is 0 Å². The van der Waals surface area contributed by atoms with E-state index in [1.165, 1.54) is 49.6 Å². The lowest BCUT2D eigenvalue weighted by molar-refractivity contribution is -0.384. The fourth-order valence-corrected chi connectivity index (χ4v) is 1.95. The molecule has 0 bridgehead atoms. The molecule has 7 nitrogen and oxygen atoms in total. The highest BCUT2D eigenvalue weighted by molar-refractivity contribution is 6.03. The van der Waals surface area contributed by atoms with Crippen LogP contribution in [0.15, 0.2) is 48.5 Å². The second-order valence-corrected chi connectivity index (χ2v) is 4.75. The molecule has 0 aliphatic heterocycles. The standard InChI is InChI=1S/C17H14N2O5/c1-24-16-8-4-13(11-20)10-15(16)18-17(21)9-5-12-2-6-14(7-3-12)19(22)23/h2-11H,1H3,(H,18,21)/b9-5+. The maximum atomic E-state index is 12.0. The van der Waals surface area contributed by atoms with Gasteiger partial charge >= 0.3 is 0 Å². The minimum absolute atomic E-state index is 0.0213. The molecule has 7 heteroatoms. The molecule has 0 aliphatic carbocycles. The van der Waals surface area contributed by atoms with Crippen LogP contribution in [0.25, 0.3) is 6.08 Å². The molecule has 24 heavy (non-hydrogen) atoms. The zero-order chi connectivity index (χ0) is 17.5. The van der Waals surface area contributed by atoms with Crippen LogP contribution in [0.4, 0.5) is 11.4 Å². The summed E-state index contributed by atoms with van der Waals surface area (Å²) in [5, 5.41) is 13.2. The highest BCUT2D eigenvalue weighted by Gasteiger charge is 2.07. The second kappa shape index (κ2) is 7.68. The van der Waals surface area contributed by atoms with Gasteiger partial charge in [-0.05, 0) is 42.0 Å². The first kappa shape index (κ1) is 16.9. The number of nitrogens with zero attached hydrogens (tertiary/aromatic N) is 1. The van der Waals surface area contributed by atoms with Crippen molar-refractivity contribution in [3.63, 3.8) is 0 Å². The SMILES string of the molecule is COc1ccc(C=O)cc1NC(=O)/C=C/c1ccc([N+](=O)[O-])cc1. The number of nitrogens with one attached hydrogen (secondary N) is 1. The summed E-state index contributed by atoms with van der Waals surface area (Å²) in [7, 11) is 1.46. The van der Waals surface area contributed by atoms with E-state index >= 15 is 0 Å². The number of rotatable bonds is 6. The van der Waals surface area contributed by atoms with Crippen LogP contribution in [0.1, 0.15) is 15.9 Å². The van der Waals surface area contributed by atoms with Crippen LogP contribution in [-0.2, 0) is 4.79 Å². The third-order valence-electron chi connectivity index (χ3n) is 3.15. The summed E-state index contributed by atoms with van der Waals surface area (Å²) in [6, 6.07) is 10.4. The number of methoxy groups -OCH3 is 1. The van der Waals surface area contributed by atoms with Crippen LogP contribution in [-0.4, -0.2) is 24.2 Å². The van der Waals surface area contributed by atoms with Crippen molar-refractivity contribution in [3.8, 4) is 5.75 Å². The summed E-state index contributed by atoms with van der Waals surface area (Å²) in [6.07, 6.45) is 3.48. The number of carbonyl (C=O) groups is 2. The van der Waals surface area contributed by atoms with Gasteiger partial charge in [0.1, 0.15) is 12.0 Å². The van der Waals surface area contributed by atoms with Crippen molar-refractivity contribution in [1.82, 2.24) is 0 Å². The van der Waals surface area contributed by atoms with Crippen molar-refractivity contribution >= 4 is 29.6 Å². The molecule has 0 fully saturated rings. The molecular weight excluding hydrogens is 312 g/mol. The van der Waals surface area contributed by atoms with Crippen LogP contribution >= 0.6 is 0 Å². The third-order valence-corrected chi connectivity index (χ3v) is 3.15. The second-order valence-electron chi connectivity index (χ2n) is 4.75. The Morgan fingerprint density at radius 2 is 1.83 bits per heavy atom. The zero-order valence-corrected chi connectivity index (χ0v) is 12.8.